The van der Waals surface area contributed by atoms with Crippen molar-refractivity contribution in [2.24, 2.45) is 11.1 Å². The number of hydrogen-bond donors (Lipinski definition) is 5. The number of carboxylic acid groups (broad SMARTS) is 1. The highest BCUT2D eigenvalue weighted by atomic mass is 19.1. The lowest BCUT2D eigenvalue weighted by Gasteiger charge is -2.47. The molecule has 0 spiro atoms. The van der Waals surface area contributed by atoms with Gasteiger partial charge in [-0.15, -0.1) is 0 Å². The molecule has 9 nitrogen and oxygen atoms in total. The summed E-state index contributed by atoms with van der Waals surface area (Å²) < 4.78 is 15.6. The summed E-state index contributed by atoms with van der Waals surface area (Å²) in [6, 6.07) is 6.29. The Kier molecular flexibility index (Phi) is 6.42. The van der Waals surface area contributed by atoms with E-state index < -0.39 is 35.7 Å². The van der Waals surface area contributed by atoms with Crippen molar-refractivity contribution in [2.45, 2.75) is 45.4 Å². The van der Waals surface area contributed by atoms with Crippen molar-refractivity contribution in [3.8, 4) is 5.75 Å². The van der Waals surface area contributed by atoms with Gasteiger partial charge in [-0.1, -0.05) is 20.8 Å². The molecule has 1 aliphatic heterocycles. The van der Waals surface area contributed by atoms with Crippen LogP contribution in [0.25, 0.3) is 0 Å². The minimum atomic E-state index is -1.51. The Morgan fingerprint density at radius 2 is 1.91 bits per heavy atom. The van der Waals surface area contributed by atoms with Crippen LogP contribution in [0.4, 0.5) is 26.4 Å². The van der Waals surface area contributed by atoms with Gasteiger partial charge in [0.2, 0.25) is 0 Å². The van der Waals surface area contributed by atoms with E-state index >= 15 is 4.39 Å². The Balaban J connectivity index is 1.88. The van der Waals surface area contributed by atoms with Crippen LogP contribution in [0, 0.1) is 5.41 Å². The maximum atomic E-state index is 15.6. The molecular weight excluding hydrogens is 417 g/mol. The third kappa shape index (κ3) is 5.01. The predicted octanol–water partition coefficient (Wildman–Crippen LogP) is 3.55. The number of phenols is 1. The zero-order chi connectivity index (χ0) is 23.6. The van der Waals surface area contributed by atoms with E-state index in [0.29, 0.717) is 17.2 Å². The number of pyridine rings is 1. The number of alkyl halides is 1. The number of carbonyl (C=O) groups excluding carboxylic acids is 1. The standard InChI is InChI=1S/C22H28FN5O4/c1-22(2,3)19-18(23)15(8-9-28(19)21(31)32)27-16-10-17(25-11-14(16)20(24)30)26-12-4-6-13(29)7-5-12/h4-7,10-11,15,18-19,29H,8-9H2,1-3H3,(H2,24,30)(H,31,32)(H2,25,26,27)/t15-,18+,19?/m1/s1. The molecule has 0 radical (unpaired) electrons. The number of carbonyl (C=O) groups is 2. The molecule has 1 aromatic heterocycles. The molecule has 1 aliphatic rings. The van der Waals surface area contributed by atoms with Gasteiger partial charge in [-0.25, -0.2) is 14.2 Å². The van der Waals surface area contributed by atoms with Crippen LogP contribution in [0.3, 0.4) is 0 Å². The Morgan fingerprint density at radius 3 is 2.47 bits per heavy atom. The van der Waals surface area contributed by atoms with Crippen LogP contribution < -0.4 is 16.4 Å². The van der Waals surface area contributed by atoms with Crippen LogP contribution in [0.5, 0.6) is 5.75 Å². The van der Waals surface area contributed by atoms with Crippen molar-refractivity contribution in [1.82, 2.24) is 9.88 Å². The van der Waals surface area contributed by atoms with Crippen molar-refractivity contribution in [3.63, 3.8) is 0 Å². The normalized spacial score (nSPS) is 21.1. The Labute approximate surface area is 185 Å². The monoisotopic (exact) mass is 445 g/mol. The van der Waals surface area contributed by atoms with Gasteiger partial charge in [-0.2, -0.15) is 0 Å². The van der Waals surface area contributed by atoms with E-state index in [1.54, 1.807) is 39.0 Å². The van der Waals surface area contributed by atoms with Gasteiger partial charge in [0.05, 0.1) is 23.3 Å². The highest BCUT2D eigenvalue weighted by Gasteiger charge is 2.46. The Bertz CT molecular complexity index is 993. The van der Waals surface area contributed by atoms with E-state index in [4.69, 9.17) is 5.73 Å². The molecule has 2 aromatic rings. The summed E-state index contributed by atoms with van der Waals surface area (Å²) in [7, 11) is 0. The van der Waals surface area contributed by atoms with E-state index in [1.807, 2.05) is 0 Å². The van der Waals surface area contributed by atoms with Gasteiger partial charge < -0.3 is 31.5 Å². The van der Waals surface area contributed by atoms with Crippen molar-refractivity contribution >= 4 is 29.2 Å². The van der Waals surface area contributed by atoms with Gasteiger partial charge in [0.15, 0.2) is 0 Å². The quantitative estimate of drug-likeness (QED) is 0.443. The molecule has 3 rings (SSSR count). The summed E-state index contributed by atoms with van der Waals surface area (Å²) >= 11 is 0. The molecule has 3 atom stereocenters. The van der Waals surface area contributed by atoms with Crippen LogP contribution in [-0.4, -0.2) is 56.9 Å². The molecule has 1 aromatic carbocycles. The summed E-state index contributed by atoms with van der Waals surface area (Å²) in [5.41, 5.74) is 5.91. The van der Waals surface area contributed by atoms with E-state index in [0.717, 1.165) is 4.90 Å². The SMILES string of the molecule is CC(C)(C)C1[C@@H](F)[C@H](Nc2cc(Nc3ccc(O)cc3)ncc2C(N)=O)CCN1C(=O)O. The lowest BCUT2D eigenvalue weighted by atomic mass is 9.78. The maximum Gasteiger partial charge on any atom is 0.407 e. The smallest absolute Gasteiger partial charge is 0.407 e. The average Bonchev–Trinajstić information content (AvgIpc) is 2.70. The van der Waals surface area contributed by atoms with Crippen LogP contribution in [-0.2, 0) is 0 Å². The minimum Gasteiger partial charge on any atom is -0.508 e. The predicted molar refractivity (Wildman–Crippen MR) is 119 cm³/mol. The Hall–Kier alpha value is -3.56. The van der Waals surface area contributed by atoms with E-state index in [1.165, 1.54) is 18.3 Å². The first-order valence-electron chi connectivity index (χ1n) is 10.2. The number of hydrogen-bond acceptors (Lipinski definition) is 6. The molecule has 0 bridgehead atoms. The third-order valence-electron chi connectivity index (χ3n) is 5.49. The second kappa shape index (κ2) is 8.89. The van der Waals surface area contributed by atoms with Gasteiger partial charge in [0.1, 0.15) is 17.7 Å². The number of nitrogens with two attached hydrogens (primary N) is 1. The highest BCUT2D eigenvalue weighted by molar-refractivity contribution is 5.98. The van der Waals surface area contributed by atoms with Crippen molar-refractivity contribution in [2.75, 3.05) is 17.2 Å². The van der Waals surface area contributed by atoms with Gasteiger partial charge >= 0.3 is 6.09 Å². The van der Waals surface area contributed by atoms with Gasteiger partial charge in [0, 0.05) is 24.5 Å². The molecule has 172 valence electrons. The molecule has 2 amide bonds. The molecule has 1 saturated heterocycles. The van der Waals surface area contributed by atoms with E-state index in [-0.39, 0.29) is 24.3 Å². The number of aromatic hydroxyl groups is 1. The number of piperidine rings is 1. The van der Waals surface area contributed by atoms with Crippen LogP contribution in [0.1, 0.15) is 37.6 Å². The first kappa shape index (κ1) is 23.1. The van der Waals surface area contributed by atoms with Gasteiger partial charge in [0.25, 0.3) is 5.91 Å². The molecule has 10 heteroatoms. The number of rotatable bonds is 5. The molecule has 0 aliphatic carbocycles. The maximum absolute atomic E-state index is 15.6. The van der Waals surface area contributed by atoms with Crippen LogP contribution >= 0.6 is 0 Å². The first-order valence-corrected chi connectivity index (χ1v) is 10.2. The zero-order valence-electron chi connectivity index (χ0n) is 18.2. The van der Waals surface area contributed by atoms with Crippen LogP contribution in [0.15, 0.2) is 36.5 Å². The molecule has 6 N–H and O–H groups in total. The number of primary amides is 1. The van der Waals surface area contributed by atoms with Gasteiger partial charge in [-0.3, -0.25) is 4.79 Å². The van der Waals surface area contributed by atoms with Crippen molar-refractivity contribution in [1.29, 1.82) is 0 Å². The summed E-state index contributed by atoms with van der Waals surface area (Å²) in [5, 5.41) is 25.1. The number of anilines is 3. The molecule has 1 fully saturated rings. The number of aromatic nitrogens is 1. The second-order valence-electron chi connectivity index (χ2n) is 8.92. The number of amides is 2. The largest absolute Gasteiger partial charge is 0.508 e. The fourth-order valence-electron chi connectivity index (χ4n) is 4.01. The second-order valence-corrected chi connectivity index (χ2v) is 8.92. The highest BCUT2D eigenvalue weighted by Crippen LogP contribution is 2.36. The summed E-state index contributed by atoms with van der Waals surface area (Å²) in [4.78, 5) is 28.9. The molecular formula is C22H28FN5O4. The number of likely N-dealkylation sites (tertiary alicyclic amines) is 1. The lowest BCUT2D eigenvalue weighted by molar-refractivity contribution is 0.00169. The van der Waals surface area contributed by atoms with Crippen molar-refractivity contribution < 1.29 is 24.2 Å². The molecule has 32 heavy (non-hydrogen) atoms. The number of nitrogens with zero attached hydrogens (tertiary/aromatic N) is 2. The van der Waals surface area contributed by atoms with E-state index in [9.17, 15) is 19.8 Å². The van der Waals surface area contributed by atoms with Gasteiger partial charge in [-0.05, 0) is 36.1 Å². The molecule has 0 saturated carbocycles. The molecule has 2 heterocycles. The number of nitrogens with one attached hydrogen (secondary N) is 2. The third-order valence-corrected chi connectivity index (χ3v) is 5.49. The molecule has 1 unspecified atom stereocenters. The zero-order valence-corrected chi connectivity index (χ0v) is 18.2. The van der Waals surface area contributed by atoms with E-state index in [2.05, 4.69) is 15.6 Å². The fourth-order valence-corrected chi connectivity index (χ4v) is 4.01. The average molecular weight is 445 g/mol. The van der Waals surface area contributed by atoms with Crippen molar-refractivity contribution in [3.05, 3.63) is 42.1 Å². The number of benzene rings is 1. The summed E-state index contributed by atoms with van der Waals surface area (Å²) in [6.45, 7) is 5.54. The minimum absolute atomic E-state index is 0.0985. The summed E-state index contributed by atoms with van der Waals surface area (Å²) in [6.07, 6.45) is -1.15. The fraction of sp³-hybridized carbons (Fsp3) is 0.409. The number of halogens is 1. The van der Waals surface area contributed by atoms with Crippen LogP contribution in [0.2, 0.25) is 0 Å². The summed E-state index contributed by atoms with van der Waals surface area (Å²) in [5.74, 6) is -0.221. The topological polar surface area (TPSA) is 141 Å². The number of phenolic OH excluding ortho intramolecular Hbond substituents is 1. The lowest BCUT2D eigenvalue weighted by Crippen LogP contribution is -2.61. The Morgan fingerprint density at radius 1 is 1.25 bits per heavy atom. The first-order chi connectivity index (χ1) is 15.0.